The number of carbonyl (C=O) groups is 2. The third-order valence-electron chi connectivity index (χ3n) is 7.66. The van der Waals surface area contributed by atoms with E-state index in [0.717, 1.165) is 17.1 Å². The van der Waals surface area contributed by atoms with E-state index in [-0.39, 0.29) is 22.6 Å². The fraction of sp³-hybridized carbons (Fsp3) is 0.226. The quantitative estimate of drug-likeness (QED) is 0.395. The average molecular weight is 534 g/mol. The zero-order valence-corrected chi connectivity index (χ0v) is 22.7. The molecule has 1 unspecified atom stereocenters. The molecule has 0 saturated carbocycles. The lowest BCUT2D eigenvalue weighted by Gasteiger charge is -2.44. The van der Waals surface area contributed by atoms with Gasteiger partial charge in [0.1, 0.15) is 18.0 Å². The number of ketones is 1. The topological polar surface area (TPSA) is 125 Å². The van der Waals surface area contributed by atoms with Gasteiger partial charge < -0.3 is 11.5 Å². The number of amides is 1. The number of imidazole rings is 1. The maximum Gasteiger partial charge on any atom is 0.249 e. The number of aryl methyl sites for hydroxylation is 1. The second-order valence-electron chi connectivity index (χ2n) is 11.1. The second kappa shape index (κ2) is 9.37. The summed E-state index contributed by atoms with van der Waals surface area (Å²) in [5.41, 5.74) is 17.1. The van der Waals surface area contributed by atoms with Crippen LogP contribution >= 0.6 is 0 Å². The SMILES string of the molecule is Cc1nn(-c2ccccc2)c(-n2ccnc2)c1C1C(C(N)=O)=C(N)N(c2ccccc2)C2=C1C(=O)CC(C)(C)C2. The molecule has 2 aromatic heterocycles. The van der Waals surface area contributed by atoms with E-state index in [9.17, 15) is 9.59 Å². The van der Waals surface area contributed by atoms with Gasteiger partial charge in [-0.15, -0.1) is 0 Å². The summed E-state index contributed by atoms with van der Waals surface area (Å²) >= 11 is 0. The third kappa shape index (κ3) is 4.02. The first kappa shape index (κ1) is 25.4. The van der Waals surface area contributed by atoms with Crippen LogP contribution < -0.4 is 16.4 Å². The van der Waals surface area contributed by atoms with Crippen LogP contribution in [0.2, 0.25) is 0 Å². The number of anilines is 1. The van der Waals surface area contributed by atoms with Gasteiger partial charge in [0.25, 0.3) is 0 Å². The van der Waals surface area contributed by atoms with Gasteiger partial charge in [-0.05, 0) is 43.0 Å². The number of allylic oxidation sites excluding steroid dienone is 2. The van der Waals surface area contributed by atoms with Crippen molar-refractivity contribution < 1.29 is 9.59 Å². The van der Waals surface area contributed by atoms with Gasteiger partial charge in [-0.2, -0.15) is 5.10 Å². The second-order valence-corrected chi connectivity index (χ2v) is 11.1. The van der Waals surface area contributed by atoms with E-state index in [0.29, 0.717) is 35.5 Å². The van der Waals surface area contributed by atoms with Crippen molar-refractivity contribution in [3.8, 4) is 11.5 Å². The Bertz CT molecular complexity index is 1680. The Labute approximate surface area is 232 Å². The maximum absolute atomic E-state index is 14.1. The molecular weight excluding hydrogens is 502 g/mol. The summed E-state index contributed by atoms with van der Waals surface area (Å²) in [6.45, 7) is 6.03. The van der Waals surface area contributed by atoms with E-state index in [4.69, 9.17) is 16.6 Å². The minimum atomic E-state index is -0.800. The normalized spacial score (nSPS) is 18.7. The number of rotatable bonds is 5. The molecule has 9 nitrogen and oxygen atoms in total. The first-order valence-corrected chi connectivity index (χ1v) is 13.2. The van der Waals surface area contributed by atoms with Crippen LogP contribution in [0.3, 0.4) is 0 Å². The van der Waals surface area contributed by atoms with E-state index in [1.807, 2.05) is 87.9 Å². The molecule has 2 aromatic carbocycles. The number of primary amides is 1. The van der Waals surface area contributed by atoms with Gasteiger partial charge in [0.05, 0.1) is 22.9 Å². The van der Waals surface area contributed by atoms with Gasteiger partial charge in [0.2, 0.25) is 5.91 Å². The maximum atomic E-state index is 14.1. The third-order valence-corrected chi connectivity index (χ3v) is 7.66. The molecule has 0 bridgehead atoms. The van der Waals surface area contributed by atoms with Crippen molar-refractivity contribution in [3.63, 3.8) is 0 Å². The number of aromatic nitrogens is 4. The Morgan fingerprint density at radius 1 is 1.00 bits per heavy atom. The Balaban J connectivity index is 1.70. The van der Waals surface area contributed by atoms with Crippen LogP contribution in [0.25, 0.3) is 11.5 Å². The number of nitrogens with two attached hydrogens (primary N) is 2. The number of carbonyl (C=O) groups excluding carboxylic acids is 2. The van der Waals surface area contributed by atoms with Gasteiger partial charge >= 0.3 is 0 Å². The van der Waals surface area contributed by atoms with E-state index in [1.54, 1.807) is 12.5 Å². The lowest BCUT2D eigenvalue weighted by atomic mass is 9.68. The molecule has 40 heavy (non-hydrogen) atoms. The van der Waals surface area contributed by atoms with Gasteiger partial charge in [-0.25, -0.2) is 9.67 Å². The minimum absolute atomic E-state index is 0.0353. The highest BCUT2D eigenvalue weighted by atomic mass is 16.1. The lowest BCUT2D eigenvalue weighted by Crippen LogP contribution is -2.44. The summed E-state index contributed by atoms with van der Waals surface area (Å²) in [6, 6.07) is 19.3. The predicted octanol–water partition coefficient (Wildman–Crippen LogP) is 4.27. The van der Waals surface area contributed by atoms with E-state index >= 15 is 0 Å². The molecule has 0 fully saturated rings. The van der Waals surface area contributed by atoms with Crippen molar-refractivity contribution in [2.75, 3.05) is 4.90 Å². The van der Waals surface area contributed by atoms with Gasteiger partial charge in [-0.1, -0.05) is 50.2 Å². The molecule has 1 aliphatic carbocycles. The van der Waals surface area contributed by atoms with E-state index < -0.39 is 11.8 Å². The molecular formula is C31H31N7O2. The highest BCUT2D eigenvalue weighted by molar-refractivity contribution is 6.06. The molecule has 0 spiro atoms. The number of hydrogen-bond acceptors (Lipinski definition) is 6. The largest absolute Gasteiger partial charge is 0.384 e. The van der Waals surface area contributed by atoms with Crippen LogP contribution in [0.4, 0.5) is 5.69 Å². The van der Waals surface area contributed by atoms with Crippen molar-refractivity contribution in [3.05, 3.63) is 113 Å². The zero-order chi connectivity index (χ0) is 28.2. The van der Waals surface area contributed by atoms with Crippen LogP contribution in [0.1, 0.15) is 43.9 Å². The number of benzene rings is 2. The van der Waals surface area contributed by atoms with Crippen molar-refractivity contribution in [2.24, 2.45) is 16.9 Å². The summed E-state index contributed by atoms with van der Waals surface area (Å²) in [4.78, 5) is 33.5. The molecule has 1 amide bonds. The summed E-state index contributed by atoms with van der Waals surface area (Å²) in [5, 5.41) is 4.90. The summed E-state index contributed by atoms with van der Waals surface area (Å²) in [6.07, 6.45) is 6.10. The summed E-state index contributed by atoms with van der Waals surface area (Å²) < 4.78 is 3.65. The van der Waals surface area contributed by atoms with Crippen molar-refractivity contribution in [2.45, 2.75) is 39.5 Å². The van der Waals surface area contributed by atoms with Crippen LogP contribution in [-0.4, -0.2) is 31.0 Å². The molecule has 2 aliphatic rings. The fourth-order valence-corrected chi connectivity index (χ4v) is 6.06. The molecule has 9 heteroatoms. The summed E-state index contributed by atoms with van der Waals surface area (Å²) in [5.74, 6) is -0.638. The molecule has 4 N–H and O–H groups in total. The molecule has 3 heterocycles. The Kier molecular flexibility index (Phi) is 5.94. The van der Waals surface area contributed by atoms with Gasteiger partial charge in [0, 0.05) is 41.3 Å². The van der Waals surface area contributed by atoms with E-state index in [1.165, 1.54) is 0 Å². The Morgan fingerprint density at radius 3 is 2.25 bits per heavy atom. The first-order chi connectivity index (χ1) is 19.2. The molecule has 202 valence electrons. The predicted molar refractivity (Wildman–Crippen MR) is 153 cm³/mol. The lowest BCUT2D eigenvalue weighted by molar-refractivity contribution is -0.118. The molecule has 6 rings (SSSR count). The van der Waals surface area contributed by atoms with Crippen molar-refractivity contribution >= 4 is 17.4 Å². The fourth-order valence-electron chi connectivity index (χ4n) is 6.06. The first-order valence-electron chi connectivity index (χ1n) is 13.2. The van der Waals surface area contributed by atoms with Crippen LogP contribution in [-0.2, 0) is 9.59 Å². The standard InChI is InChI=1S/C31H31N7O2/c1-19-24(30(36-15-14-34-18-36)38(35-19)21-12-8-5-9-13-21)26-25-22(16-31(2,3)17-23(25)39)37(20-10-6-4-7-11-20)28(32)27(26)29(33)40/h4-15,18,26H,16-17,32H2,1-3H3,(H2,33,40). The minimum Gasteiger partial charge on any atom is -0.384 e. The zero-order valence-electron chi connectivity index (χ0n) is 22.7. The van der Waals surface area contributed by atoms with Crippen molar-refractivity contribution in [1.29, 1.82) is 0 Å². The van der Waals surface area contributed by atoms with Gasteiger partial charge in [0.15, 0.2) is 5.78 Å². The number of para-hydroxylation sites is 2. The molecule has 4 aromatic rings. The van der Waals surface area contributed by atoms with Crippen molar-refractivity contribution in [1.82, 2.24) is 19.3 Å². The molecule has 0 saturated heterocycles. The van der Waals surface area contributed by atoms with Crippen LogP contribution in [0, 0.1) is 12.3 Å². The van der Waals surface area contributed by atoms with Crippen LogP contribution in [0.15, 0.2) is 102 Å². The molecule has 1 aliphatic heterocycles. The number of Topliss-reactive ketones (excluding diaryl/α,β-unsaturated/α-hetero) is 1. The van der Waals surface area contributed by atoms with Gasteiger partial charge in [-0.3, -0.25) is 19.1 Å². The Morgan fingerprint density at radius 2 is 1.65 bits per heavy atom. The van der Waals surface area contributed by atoms with E-state index in [2.05, 4.69) is 18.8 Å². The monoisotopic (exact) mass is 533 g/mol. The number of nitrogens with zero attached hydrogens (tertiary/aromatic N) is 5. The Hall–Kier alpha value is -4.92. The highest BCUT2D eigenvalue weighted by Gasteiger charge is 2.47. The average Bonchev–Trinajstić information content (AvgIpc) is 3.56. The highest BCUT2D eigenvalue weighted by Crippen LogP contribution is 2.51. The number of hydrogen-bond donors (Lipinski definition) is 2. The molecule has 0 radical (unpaired) electrons. The smallest absolute Gasteiger partial charge is 0.249 e. The summed E-state index contributed by atoms with van der Waals surface area (Å²) in [7, 11) is 0. The molecule has 1 atom stereocenters. The van der Waals surface area contributed by atoms with Crippen LogP contribution in [0.5, 0.6) is 0 Å².